The number of hydrogen-bond acceptors (Lipinski definition) is 10. The van der Waals surface area contributed by atoms with Crippen LogP contribution in [0.2, 0.25) is 5.02 Å². The molecule has 8 heterocycles. The van der Waals surface area contributed by atoms with Gasteiger partial charge >= 0.3 is 6.18 Å². The highest BCUT2D eigenvalue weighted by Gasteiger charge is 2.31. The van der Waals surface area contributed by atoms with Crippen LogP contribution < -0.4 is 9.80 Å². The number of ether oxygens (including phenoxy) is 2. The molecule has 2 aliphatic rings. The Bertz CT molecular complexity index is 2720. The van der Waals surface area contributed by atoms with Gasteiger partial charge in [0.05, 0.1) is 43.4 Å². The SMILES string of the molecule is Clc1cccc(-c2cc(N3CCOCC3)nc3c(-c4ccn[nH]4)nccc23)c1.FC(F)(F)c1cccc(-c2cc(N3CCOCC3)nc3c(-c4ccn[nH]4)nccc23)c1. The molecule has 16 heteroatoms. The summed E-state index contributed by atoms with van der Waals surface area (Å²) in [4.78, 5) is 23.2. The number of benzene rings is 2. The van der Waals surface area contributed by atoms with E-state index >= 15 is 0 Å². The lowest BCUT2D eigenvalue weighted by molar-refractivity contribution is -0.137. The fourth-order valence-electron chi connectivity index (χ4n) is 7.35. The first kappa shape index (κ1) is 38.1. The van der Waals surface area contributed by atoms with Gasteiger partial charge in [-0.15, -0.1) is 0 Å². The quantitative estimate of drug-likeness (QED) is 0.168. The van der Waals surface area contributed by atoms with Gasteiger partial charge in [0.2, 0.25) is 0 Å². The molecule has 0 aliphatic carbocycles. The van der Waals surface area contributed by atoms with Crippen LogP contribution in [-0.4, -0.2) is 92.9 Å². The summed E-state index contributed by atoms with van der Waals surface area (Å²) >= 11 is 6.28. The average Bonchev–Trinajstić information content (AvgIpc) is 4.02. The highest BCUT2D eigenvalue weighted by atomic mass is 35.5. The molecule has 2 saturated heterocycles. The van der Waals surface area contributed by atoms with E-state index in [2.05, 4.69) is 52.3 Å². The molecule has 0 saturated carbocycles. The van der Waals surface area contributed by atoms with Gasteiger partial charge < -0.3 is 19.3 Å². The summed E-state index contributed by atoms with van der Waals surface area (Å²) in [6.07, 6.45) is 2.36. The molecule has 2 fully saturated rings. The van der Waals surface area contributed by atoms with E-state index in [1.165, 1.54) is 12.1 Å². The van der Waals surface area contributed by atoms with Crippen LogP contribution in [0.4, 0.5) is 24.8 Å². The molecule has 0 atom stereocenters. The highest BCUT2D eigenvalue weighted by molar-refractivity contribution is 6.31. The van der Waals surface area contributed by atoms with Crippen molar-refractivity contribution in [2.75, 3.05) is 62.4 Å². The second-order valence-corrected chi connectivity index (χ2v) is 14.3. The Kier molecular flexibility index (Phi) is 10.6. The predicted molar refractivity (Wildman–Crippen MR) is 221 cm³/mol. The van der Waals surface area contributed by atoms with Gasteiger partial charge in [-0.25, -0.2) is 9.97 Å². The van der Waals surface area contributed by atoms with Gasteiger partial charge in [-0.2, -0.15) is 23.4 Å². The number of alkyl halides is 3. The fourth-order valence-corrected chi connectivity index (χ4v) is 7.54. The van der Waals surface area contributed by atoms with Crippen LogP contribution in [0.15, 0.2) is 110 Å². The molecule has 59 heavy (non-hydrogen) atoms. The maximum atomic E-state index is 13.4. The van der Waals surface area contributed by atoms with Gasteiger partial charge in [0.15, 0.2) is 0 Å². The summed E-state index contributed by atoms with van der Waals surface area (Å²) in [7, 11) is 0. The molecular formula is C43H36ClF3N10O2. The van der Waals surface area contributed by atoms with Gasteiger partial charge in [0.25, 0.3) is 0 Å². The number of nitrogens with zero attached hydrogens (tertiary/aromatic N) is 8. The molecular weight excluding hydrogens is 781 g/mol. The Balaban J connectivity index is 0.000000153. The number of pyridine rings is 4. The summed E-state index contributed by atoms with van der Waals surface area (Å²) < 4.78 is 51.0. The van der Waals surface area contributed by atoms with Crippen molar-refractivity contribution in [2.45, 2.75) is 6.18 Å². The number of anilines is 2. The fraction of sp³-hybridized carbons (Fsp3) is 0.209. The molecule has 6 aromatic heterocycles. The number of halogens is 4. The summed E-state index contributed by atoms with van der Waals surface area (Å²) in [6, 6.07) is 24.7. The van der Waals surface area contributed by atoms with E-state index in [4.69, 9.17) is 31.0 Å². The minimum Gasteiger partial charge on any atom is -0.378 e. The predicted octanol–water partition coefficient (Wildman–Crippen LogP) is 8.72. The molecule has 10 rings (SSSR count). The summed E-state index contributed by atoms with van der Waals surface area (Å²) in [5, 5.41) is 16.4. The number of aromatic amines is 2. The van der Waals surface area contributed by atoms with E-state index in [9.17, 15) is 13.2 Å². The van der Waals surface area contributed by atoms with Crippen molar-refractivity contribution in [1.82, 2.24) is 40.3 Å². The van der Waals surface area contributed by atoms with Gasteiger partial charge in [-0.1, -0.05) is 35.9 Å². The van der Waals surface area contributed by atoms with Crippen LogP contribution in [0.3, 0.4) is 0 Å². The Morgan fingerprint density at radius 3 is 1.53 bits per heavy atom. The van der Waals surface area contributed by atoms with Gasteiger partial charge in [0.1, 0.15) is 34.1 Å². The van der Waals surface area contributed by atoms with Gasteiger partial charge in [-0.3, -0.25) is 20.2 Å². The second-order valence-electron chi connectivity index (χ2n) is 13.9. The van der Waals surface area contributed by atoms with Gasteiger partial charge in [-0.05, 0) is 82.9 Å². The second kappa shape index (κ2) is 16.4. The zero-order valence-electron chi connectivity index (χ0n) is 31.5. The number of fused-ring (bicyclic) bond motifs is 2. The molecule has 2 aliphatic heterocycles. The minimum absolute atomic E-state index is 0.471. The Labute approximate surface area is 341 Å². The maximum Gasteiger partial charge on any atom is 0.416 e. The molecule has 0 amide bonds. The molecule has 298 valence electrons. The van der Waals surface area contributed by atoms with E-state index < -0.39 is 11.7 Å². The highest BCUT2D eigenvalue weighted by Crippen LogP contribution is 2.39. The van der Waals surface area contributed by atoms with Gasteiger partial charge in [0, 0.05) is 66.8 Å². The van der Waals surface area contributed by atoms with Crippen molar-refractivity contribution in [3.05, 3.63) is 120 Å². The van der Waals surface area contributed by atoms with Crippen LogP contribution in [0.5, 0.6) is 0 Å². The lowest BCUT2D eigenvalue weighted by atomic mass is 9.98. The molecule has 0 radical (unpaired) electrons. The Morgan fingerprint density at radius 2 is 1.07 bits per heavy atom. The van der Waals surface area contributed by atoms with Crippen molar-refractivity contribution in [3.8, 4) is 45.0 Å². The van der Waals surface area contributed by atoms with Crippen LogP contribution in [0.1, 0.15) is 5.56 Å². The average molecular weight is 817 g/mol. The van der Waals surface area contributed by atoms with Crippen LogP contribution in [0, 0.1) is 0 Å². The third-order valence-electron chi connectivity index (χ3n) is 10.2. The standard InChI is InChI=1S/C22H18F3N5O.C21H18ClN5O/c23-22(24,25)15-3-1-2-14(12-15)17-13-19(30-8-10-31-11-9-30)28-20-16(17)4-6-26-21(20)18-5-7-27-29-18;22-15-3-1-2-14(12-15)17-13-19(27-8-10-28-11-9-27)25-20-16(17)4-6-23-21(20)18-5-7-24-26-18/h1-7,12-13H,8-11H2,(H,27,29);1-7,12-13H,8-11H2,(H,24,26). The minimum atomic E-state index is -4.42. The van der Waals surface area contributed by atoms with Crippen molar-refractivity contribution in [1.29, 1.82) is 0 Å². The number of H-pyrrole nitrogens is 2. The molecule has 0 bridgehead atoms. The van der Waals surface area contributed by atoms with Crippen molar-refractivity contribution in [3.63, 3.8) is 0 Å². The zero-order chi connectivity index (χ0) is 40.3. The van der Waals surface area contributed by atoms with E-state index in [0.29, 0.717) is 78.4 Å². The molecule has 0 spiro atoms. The van der Waals surface area contributed by atoms with E-state index in [0.717, 1.165) is 63.8 Å². The number of aromatic nitrogens is 8. The topological polar surface area (TPSA) is 134 Å². The Morgan fingerprint density at radius 1 is 0.576 bits per heavy atom. The first-order valence-electron chi connectivity index (χ1n) is 19.0. The zero-order valence-corrected chi connectivity index (χ0v) is 32.2. The number of rotatable bonds is 6. The number of nitrogens with one attached hydrogen (secondary N) is 2. The smallest absolute Gasteiger partial charge is 0.378 e. The van der Waals surface area contributed by atoms with E-state index in [1.807, 2.05) is 42.6 Å². The molecule has 2 N–H and O–H groups in total. The van der Waals surface area contributed by atoms with E-state index in [1.54, 1.807) is 36.8 Å². The number of morpholine rings is 2. The molecule has 12 nitrogen and oxygen atoms in total. The largest absolute Gasteiger partial charge is 0.416 e. The van der Waals surface area contributed by atoms with Crippen molar-refractivity contribution in [2.24, 2.45) is 0 Å². The van der Waals surface area contributed by atoms with Crippen LogP contribution in [-0.2, 0) is 15.7 Å². The summed E-state index contributed by atoms with van der Waals surface area (Å²) in [5.74, 6) is 1.59. The molecule has 2 aromatic carbocycles. The van der Waals surface area contributed by atoms with E-state index in [-0.39, 0.29) is 0 Å². The lowest BCUT2D eigenvalue weighted by Crippen LogP contribution is -2.36. The molecule has 0 unspecified atom stereocenters. The summed E-state index contributed by atoms with van der Waals surface area (Å²) in [5.41, 5.74) is 6.93. The maximum absolute atomic E-state index is 13.4. The van der Waals surface area contributed by atoms with Crippen LogP contribution in [0.25, 0.3) is 66.8 Å². The number of hydrogen-bond donors (Lipinski definition) is 2. The molecule has 8 aromatic rings. The van der Waals surface area contributed by atoms with Crippen molar-refractivity contribution < 1.29 is 22.6 Å². The third kappa shape index (κ3) is 8.04. The summed E-state index contributed by atoms with van der Waals surface area (Å²) in [6.45, 7) is 5.47. The first-order chi connectivity index (χ1) is 28.8. The Hall–Kier alpha value is -6.42. The van der Waals surface area contributed by atoms with Crippen molar-refractivity contribution >= 4 is 45.0 Å². The lowest BCUT2D eigenvalue weighted by Gasteiger charge is -2.28. The third-order valence-corrected chi connectivity index (χ3v) is 10.5. The van der Waals surface area contributed by atoms with Crippen LogP contribution >= 0.6 is 11.6 Å². The normalized spacial score (nSPS) is 14.7. The first-order valence-corrected chi connectivity index (χ1v) is 19.4. The monoisotopic (exact) mass is 816 g/mol.